The first-order valence-corrected chi connectivity index (χ1v) is 9.18. The first kappa shape index (κ1) is 17.3. The highest BCUT2D eigenvalue weighted by molar-refractivity contribution is 7.10. The van der Waals surface area contributed by atoms with E-state index in [1.165, 1.54) is 17.5 Å². The number of carboxylic acids is 1. The molecule has 2 aromatic heterocycles. The Morgan fingerprint density at radius 2 is 2.04 bits per heavy atom. The van der Waals surface area contributed by atoms with Crippen LogP contribution in [0.2, 0.25) is 5.02 Å². The van der Waals surface area contributed by atoms with Crippen molar-refractivity contribution < 1.29 is 14.7 Å². The molecule has 0 unspecified atom stereocenters. The van der Waals surface area contributed by atoms with Crippen LogP contribution >= 0.6 is 22.9 Å². The van der Waals surface area contributed by atoms with Crippen molar-refractivity contribution in [2.45, 2.75) is 6.04 Å². The number of aromatic nitrogens is 2. The highest BCUT2D eigenvalue weighted by atomic mass is 35.5. The number of fused-ring (bicyclic) bond motifs is 1. The summed E-state index contributed by atoms with van der Waals surface area (Å²) in [6.07, 6.45) is 3.00. The minimum Gasteiger partial charge on any atom is -0.477 e. The van der Waals surface area contributed by atoms with Crippen LogP contribution in [0.1, 0.15) is 21.3 Å². The van der Waals surface area contributed by atoms with Gasteiger partial charge in [0.05, 0.1) is 6.20 Å². The van der Waals surface area contributed by atoms with Gasteiger partial charge in [-0.1, -0.05) is 17.7 Å². The fourth-order valence-electron chi connectivity index (χ4n) is 2.78. The Kier molecular flexibility index (Phi) is 4.43. The number of nitrogens with one attached hydrogen (secondary N) is 2. The minimum atomic E-state index is -1.10. The molecular weight excluding hydrogens is 388 g/mol. The molecule has 9 heteroatoms. The van der Waals surface area contributed by atoms with Gasteiger partial charge in [-0.25, -0.2) is 9.48 Å². The second kappa shape index (κ2) is 6.90. The number of amides is 1. The standard InChI is InChI=1S/C18H13ClN4O3S/c19-10-3-5-11(6-4-10)21-17(24)12-9-20-23-14(15-2-1-7-27-15)8-13(18(25)26)22-16(12)23/h1-9,14,22H,(H,21,24)(H,25,26)/t14-/m1/s1. The number of allylic oxidation sites excluding steroid dienone is 1. The molecule has 3 N–H and O–H groups in total. The number of carboxylic acid groups (broad SMARTS) is 1. The zero-order valence-corrected chi connectivity index (χ0v) is 15.3. The first-order valence-electron chi connectivity index (χ1n) is 7.93. The quantitative estimate of drug-likeness (QED) is 0.618. The molecule has 27 heavy (non-hydrogen) atoms. The second-order valence-corrected chi connectivity index (χ2v) is 7.20. The van der Waals surface area contributed by atoms with Gasteiger partial charge in [-0.3, -0.25) is 4.79 Å². The number of nitrogens with zero attached hydrogens (tertiary/aromatic N) is 2. The van der Waals surface area contributed by atoms with E-state index in [2.05, 4.69) is 15.7 Å². The maximum absolute atomic E-state index is 12.7. The van der Waals surface area contributed by atoms with Crippen LogP contribution in [0.5, 0.6) is 0 Å². The Labute approximate surface area is 162 Å². The monoisotopic (exact) mass is 400 g/mol. The van der Waals surface area contributed by atoms with E-state index in [1.807, 2.05) is 17.5 Å². The molecule has 3 aromatic rings. The molecule has 1 aliphatic heterocycles. The van der Waals surface area contributed by atoms with Crippen molar-refractivity contribution in [3.05, 3.63) is 75.2 Å². The third-order valence-electron chi connectivity index (χ3n) is 4.05. The van der Waals surface area contributed by atoms with Gasteiger partial charge in [0.25, 0.3) is 5.91 Å². The first-order chi connectivity index (χ1) is 13.0. The van der Waals surface area contributed by atoms with E-state index in [0.29, 0.717) is 16.5 Å². The van der Waals surface area contributed by atoms with Gasteiger partial charge in [0.15, 0.2) is 0 Å². The highest BCUT2D eigenvalue weighted by Crippen LogP contribution is 2.34. The summed E-state index contributed by atoms with van der Waals surface area (Å²) < 4.78 is 1.61. The lowest BCUT2D eigenvalue weighted by Crippen LogP contribution is -2.25. The molecule has 1 atom stereocenters. The number of rotatable bonds is 4. The van der Waals surface area contributed by atoms with Crippen molar-refractivity contribution in [2.75, 3.05) is 10.6 Å². The summed E-state index contributed by atoms with van der Waals surface area (Å²) in [6, 6.07) is 10.1. The smallest absolute Gasteiger partial charge is 0.352 e. The van der Waals surface area contributed by atoms with Crippen molar-refractivity contribution in [1.29, 1.82) is 0 Å². The van der Waals surface area contributed by atoms with Crippen LogP contribution in [-0.4, -0.2) is 26.8 Å². The summed E-state index contributed by atoms with van der Waals surface area (Å²) in [4.78, 5) is 25.2. The van der Waals surface area contributed by atoms with Crippen LogP contribution in [-0.2, 0) is 4.79 Å². The lowest BCUT2D eigenvalue weighted by Gasteiger charge is -2.23. The molecule has 3 heterocycles. The van der Waals surface area contributed by atoms with Crippen molar-refractivity contribution >= 4 is 46.3 Å². The molecule has 0 radical (unpaired) electrons. The summed E-state index contributed by atoms with van der Waals surface area (Å²) in [5, 5.41) is 21.8. The summed E-state index contributed by atoms with van der Waals surface area (Å²) in [7, 11) is 0. The number of hydrogen-bond donors (Lipinski definition) is 3. The van der Waals surface area contributed by atoms with Crippen molar-refractivity contribution in [2.24, 2.45) is 0 Å². The van der Waals surface area contributed by atoms with Crippen molar-refractivity contribution in [3.8, 4) is 0 Å². The largest absolute Gasteiger partial charge is 0.477 e. The number of hydrogen-bond acceptors (Lipinski definition) is 5. The average Bonchev–Trinajstić information content (AvgIpc) is 3.32. The molecule has 0 spiro atoms. The van der Waals surface area contributed by atoms with E-state index in [4.69, 9.17) is 11.6 Å². The Morgan fingerprint density at radius 1 is 1.26 bits per heavy atom. The Hall–Kier alpha value is -3.10. The Morgan fingerprint density at radius 3 is 2.70 bits per heavy atom. The molecule has 1 amide bonds. The molecule has 1 aromatic carbocycles. The van der Waals surface area contributed by atoms with E-state index >= 15 is 0 Å². The predicted molar refractivity (Wildman–Crippen MR) is 103 cm³/mol. The average molecular weight is 401 g/mol. The van der Waals surface area contributed by atoms with Crippen LogP contribution in [0.4, 0.5) is 11.5 Å². The van der Waals surface area contributed by atoms with Gasteiger partial charge < -0.3 is 15.7 Å². The predicted octanol–water partition coefficient (Wildman–Crippen LogP) is 3.83. The summed E-state index contributed by atoms with van der Waals surface area (Å²) in [5.74, 6) is -1.17. The summed E-state index contributed by atoms with van der Waals surface area (Å²) in [5.41, 5.74) is 0.823. The van der Waals surface area contributed by atoms with Gasteiger partial charge >= 0.3 is 5.97 Å². The second-order valence-electron chi connectivity index (χ2n) is 5.78. The number of halogens is 1. The topological polar surface area (TPSA) is 96.2 Å². The number of anilines is 2. The molecule has 1 aliphatic rings. The van der Waals surface area contributed by atoms with Crippen LogP contribution in [0.3, 0.4) is 0 Å². The maximum Gasteiger partial charge on any atom is 0.352 e. The minimum absolute atomic E-state index is 0.00180. The number of aliphatic carboxylic acids is 1. The van der Waals surface area contributed by atoms with E-state index in [0.717, 1.165) is 4.88 Å². The van der Waals surface area contributed by atoms with Crippen LogP contribution in [0.15, 0.2) is 59.7 Å². The molecule has 0 bridgehead atoms. The fourth-order valence-corrected chi connectivity index (χ4v) is 3.68. The molecule has 0 saturated carbocycles. The summed E-state index contributed by atoms with van der Waals surface area (Å²) >= 11 is 7.35. The van der Waals surface area contributed by atoms with Gasteiger partial charge in [0.2, 0.25) is 0 Å². The Bertz CT molecular complexity index is 1040. The Balaban J connectivity index is 1.69. The molecule has 0 saturated heterocycles. The van der Waals surface area contributed by atoms with Gasteiger partial charge in [0, 0.05) is 15.6 Å². The van der Waals surface area contributed by atoms with E-state index < -0.39 is 17.9 Å². The maximum atomic E-state index is 12.7. The number of carbonyl (C=O) groups excluding carboxylic acids is 1. The lowest BCUT2D eigenvalue weighted by atomic mass is 10.1. The van der Waals surface area contributed by atoms with Gasteiger partial charge in [0.1, 0.15) is 23.1 Å². The SMILES string of the molecule is O=C(O)C1=C[C@H](c2cccs2)n2ncc(C(=O)Nc3ccc(Cl)cc3)c2N1. The number of thiophene rings is 1. The third-order valence-corrected chi connectivity index (χ3v) is 5.24. The molecule has 0 fully saturated rings. The van der Waals surface area contributed by atoms with Gasteiger partial charge in [-0.2, -0.15) is 5.10 Å². The zero-order valence-electron chi connectivity index (χ0n) is 13.7. The normalized spacial score (nSPS) is 15.4. The molecule has 7 nitrogen and oxygen atoms in total. The fraction of sp³-hybridized carbons (Fsp3) is 0.0556. The zero-order chi connectivity index (χ0) is 19.0. The molecule has 136 valence electrons. The summed E-state index contributed by atoms with van der Waals surface area (Å²) in [6.45, 7) is 0. The third kappa shape index (κ3) is 3.32. The van der Waals surface area contributed by atoms with Gasteiger partial charge in [-0.15, -0.1) is 11.3 Å². The van der Waals surface area contributed by atoms with Crippen molar-refractivity contribution in [3.63, 3.8) is 0 Å². The van der Waals surface area contributed by atoms with Gasteiger partial charge in [-0.05, 0) is 41.8 Å². The molecule has 4 rings (SSSR count). The van der Waals surface area contributed by atoms with E-state index in [9.17, 15) is 14.7 Å². The highest BCUT2D eigenvalue weighted by Gasteiger charge is 2.29. The molecular formula is C18H13ClN4O3S. The molecule has 0 aliphatic carbocycles. The number of benzene rings is 1. The van der Waals surface area contributed by atoms with Crippen LogP contribution in [0.25, 0.3) is 0 Å². The van der Waals surface area contributed by atoms with E-state index in [-0.39, 0.29) is 11.3 Å². The van der Waals surface area contributed by atoms with E-state index in [1.54, 1.807) is 35.0 Å². The van der Waals surface area contributed by atoms with Crippen molar-refractivity contribution in [1.82, 2.24) is 9.78 Å². The lowest BCUT2D eigenvalue weighted by molar-refractivity contribution is -0.132. The van der Waals surface area contributed by atoms with Crippen LogP contribution < -0.4 is 10.6 Å². The number of carbonyl (C=O) groups is 2. The van der Waals surface area contributed by atoms with Crippen LogP contribution in [0, 0.1) is 0 Å².